The van der Waals surface area contributed by atoms with Crippen LogP contribution in [0.15, 0.2) is 17.1 Å². The van der Waals surface area contributed by atoms with Gasteiger partial charge in [0.1, 0.15) is 0 Å². The second-order valence-electron chi connectivity index (χ2n) is 1.31. The molecule has 0 aliphatic carbocycles. The largest absolute Gasteiger partial charge is 0.282 e. The molecule has 0 saturated heterocycles. The van der Waals surface area contributed by atoms with Gasteiger partial charge >= 0.3 is 0 Å². The van der Waals surface area contributed by atoms with E-state index in [1.165, 1.54) is 6.08 Å². The van der Waals surface area contributed by atoms with Crippen LogP contribution in [0.25, 0.3) is 0 Å². The highest BCUT2D eigenvalue weighted by Gasteiger charge is 1.94. The zero-order valence-electron chi connectivity index (χ0n) is 4.20. The van der Waals surface area contributed by atoms with Crippen molar-refractivity contribution in [1.82, 2.24) is 0 Å². The van der Waals surface area contributed by atoms with Crippen LogP contribution in [0.4, 0.5) is 0 Å². The van der Waals surface area contributed by atoms with Crippen LogP contribution in [0.5, 0.6) is 0 Å². The summed E-state index contributed by atoms with van der Waals surface area (Å²) in [6, 6.07) is 0. The van der Waals surface area contributed by atoms with E-state index in [9.17, 15) is 4.79 Å². The summed E-state index contributed by atoms with van der Waals surface area (Å²) >= 11 is 1.12. The van der Waals surface area contributed by atoms with Crippen molar-refractivity contribution in [3.05, 3.63) is 12.2 Å². The Labute approximate surface area is 51.7 Å². The van der Waals surface area contributed by atoms with Gasteiger partial charge in [0.15, 0.2) is 0 Å². The average molecular weight is 127 g/mol. The Hall–Kier alpha value is -0.570. The van der Waals surface area contributed by atoms with Gasteiger partial charge in [-0.05, 0) is 17.8 Å². The second kappa shape index (κ2) is 2.67. The molecule has 0 saturated carbocycles. The minimum atomic E-state index is 0.0613. The molecule has 0 aromatic heterocycles. The zero-order chi connectivity index (χ0) is 5.82. The molecule has 0 N–H and O–H groups in total. The van der Waals surface area contributed by atoms with Crippen LogP contribution < -0.4 is 0 Å². The molecule has 1 aliphatic rings. The summed E-state index contributed by atoms with van der Waals surface area (Å²) in [7, 11) is 0. The Balaban J connectivity index is 2.61. The van der Waals surface area contributed by atoms with E-state index in [0.29, 0.717) is 6.54 Å². The van der Waals surface area contributed by atoms with Crippen LogP contribution in [-0.4, -0.2) is 17.2 Å². The number of hydrogen-bond donors (Lipinski definition) is 0. The highest BCUT2D eigenvalue weighted by Crippen LogP contribution is 2.01. The van der Waals surface area contributed by atoms with Crippen molar-refractivity contribution in [2.45, 2.75) is 0 Å². The number of rotatable bonds is 0. The Bertz CT molecular complexity index is 151. The smallest absolute Gasteiger partial charge is 0.217 e. The molecule has 0 atom stereocenters. The highest BCUT2D eigenvalue weighted by molar-refractivity contribution is 8.25. The minimum absolute atomic E-state index is 0.0613. The fourth-order valence-corrected chi connectivity index (χ4v) is 0.821. The molecule has 8 heavy (non-hydrogen) atoms. The number of aliphatic imine (C=N–C) groups is 1. The van der Waals surface area contributed by atoms with Crippen molar-refractivity contribution in [1.29, 1.82) is 0 Å². The number of carbonyl (C=O) groups is 1. The Morgan fingerprint density at radius 3 is 3.50 bits per heavy atom. The molecule has 1 rings (SSSR count). The zero-order valence-corrected chi connectivity index (χ0v) is 5.02. The fourth-order valence-electron chi connectivity index (χ4n) is 0.381. The minimum Gasteiger partial charge on any atom is -0.282 e. The summed E-state index contributed by atoms with van der Waals surface area (Å²) in [5.74, 6) is 0. The van der Waals surface area contributed by atoms with Crippen molar-refractivity contribution >= 4 is 22.4 Å². The lowest BCUT2D eigenvalue weighted by molar-refractivity contribution is -0.106. The van der Waals surface area contributed by atoms with Gasteiger partial charge in [-0.1, -0.05) is 6.08 Å². The molecule has 0 bridgehead atoms. The van der Waals surface area contributed by atoms with Gasteiger partial charge in [0.05, 0.1) is 12.1 Å². The molecule has 0 radical (unpaired) electrons. The molecule has 0 spiro atoms. The van der Waals surface area contributed by atoms with Gasteiger partial charge in [-0.15, -0.1) is 0 Å². The molecule has 1 heterocycles. The van der Waals surface area contributed by atoms with Crippen LogP contribution in [0.3, 0.4) is 0 Å². The van der Waals surface area contributed by atoms with E-state index < -0.39 is 0 Å². The van der Waals surface area contributed by atoms with E-state index in [4.69, 9.17) is 0 Å². The Morgan fingerprint density at radius 2 is 2.62 bits per heavy atom. The third-order valence-corrected chi connectivity index (χ3v) is 1.33. The van der Waals surface area contributed by atoms with Gasteiger partial charge in [0.2, 0.25) is 5.12 Å². The first-order chi connectivity index (χ1) is 3.89. The predicted octanol–water partition coefficient (Wildman–Crippen LogP) is 0.844. The van der Waals surface area contributed by atoms with Crippen molar-refractivity contribution in [2.75, 3.05) is 6.54 Å². The number of hydrogen-bond acceptors (Lipinski definition) is 3. The summed E-state index contributed by atoms with van der Waals surface area (Å²) in [5, 5.41) is 0.0613. The van der Waals surface area contributed by atoms with Gasteiger partial charge in [-0.2, -0.15) is 0 Å². The van der Waals surface area contributed by atoms with Crippen molar-refractivity contribution in [3.8, 4) is 0 Å². The first-order valence-electron chi connectivity index (χ1n) is 2.25. The summed E-state index contributed by atoms with van der Waals surface area (Å²) in [4.78, 5) is 14.3. The maximum Gasteiger partial charge on any atom is 0.217 e. The third-order valence-electron chi connectivity index (χ3n) is 0.708. The van der Waals surface area contributed by atoms with Gasteiger partial charge in [-0.25, -0.2) is 0 Å². The quantitative estimate of drug-likeness (QED) is 0.482. The molecule has 0 unspecified atom stereocenters. The van der Waals surface area contributed by atoms with Gasteiger partial charge in [0.25, 0.3) is 0 Å². The molecule has 42 valence electrons. The predicted molar refractivity (Wildman–Crippen MR) is 35.1 cm³/mol. The van der Waals surface area contributed by atoms with Gasteiger partial charge in [-0.3, -0.25) is 9.79 Å². The molecule has 0 aromatic carbocycles. The summed E-state index contributed by atoms with van der Waals surface area (Å²) < 4.78 is 0. The van der Waals surface area contributed by atoms with Crippen molar-refractivity contribution < 1.29 is 4.79 Å². The van der Waals surface area contributed by atoms with Crippen LogP contribution in [-0.2, 0) is 4.79 Å². The van der Waals surface area contributed by atoms with Gasteiger partial charge in [0, 0.05) is 0 Å². The summed E-state index contributed by atoms with van der Waals surface area (Å²) in [6.07, 6.45) is 3.29. The summed E-state index contributed by atoms with van der Waals surface area (Å²) in [5.41, 5.74) is 1.57. The maximum absolute atomic E-state index is 10.5. The molecule has 0 aromatic rings. The standard InChI is InChI=1S/C5H5NOS/c7-5-2-1-3-6-4-8-5/h1-2,4H,3H2. The normalized spacial score (nSPS) is 18.8. The number of carbonyl (C=O) groups excluding carboxylic acids is 1. The number of nitrogens with zero attached hydrogens (tertiary/aromatic N) is 1. The Kier molecular flexibility index (Phi) is 1.86. The highest BCUT2D eigenvalue weighted by atomic mass is 32.2. The molecule has 0 fully saturated rings. The van der Waals surface area contributed by atoms with Crippen LogP contribution in [0, 0.1) is 0 Å². The lowest BCUT2D eigenvalue weighted by Crippen LogP contribution is -1.79. The van der Waals surface area contributed by atoms with E-state index in [2.05, 4.69) is 4.99 Å². The first-order valence-corrected chi connectivity index (χ1v) is 3.13. The maximum atomic E-state index is 10.5. The third kappa shape index (κ3) is 1.50. The lowest BCUT2D eigenvalue weighted by Gasteiger charge is -1.76. The van der Waals surface area contributed by atoms with Crippen molar-refractivity contribution in [2.24, 2.45) is 4.99 Å². The Morgan fingerprint density at radius 1 is 1.75 bits per heavy atom. The van der Waals surface area contributed by atoms with E-state index in [1.54, 1.807) is 11.6 Å². The molecule has 2 nitrogen and oxygen atoms in total. The first kappa shape index (κ1) is 5.56. The molecule has 0 amide bonds. The van der Waals surface area contributed by atoms with E-state index in [0.717, 1.165) is 11.8 Å². The molecule has 3 heteroatoms. The average Bonchev–Trinajstić information content (AvgIpc) is 1.94. The van der Waals surface area contributed by atoms with E-state index in [1.807, 2.05) is 0 Å². The van der Waals surface area contributed by atoms with Crippen LogP contribution in [0.2, 0.25) is 0 Å². The molecule has 1 aliphatic heterocycles. The van der Waals surface area contributed by atoms with Crippen LogP contribution >= 0.6 is 11.8 Å². The van der Waals surface area contributed by atoms with Crippen LogP contribution in [0.1, 0.15) is 0 Å². The molecular weight excluding hydrogens is 122 g/mol. The fraction of sp³-hybridized carbons (Fsp3) is 0.200. The number of thioether (sulfide) groups is 1. The topological polar surface area (TPSA) is 29.4 Å². The second-order valence-corrected chi connectivity index (χ2v) is 2.16. The lowest BCUT2D eigenvalue weighted by atomic mass is 10.5. The van der Waals surface area contributed by atoms with E-state index >= 15 is 0 Å². The molecular formula is C5H5NOS. The van der Waals surface area contributed by atoms with Gasteiger partial charge < -0.3 is 0 Å². The summed E-state index contributed by atoms with van der Waals surface area (Å²) in [6.45, 7) is 0.638. The van der Waals surface area contributed by atoms with Crippen molar-refractivity contribution in [3.63, 3.8) is 0 Å². The van der Waals surface area contributed by atoms with E-state index in [-0.39, 0.29) is 5.12 Å². The SMILES string of the molecule is O=C1C=CCN=CS1. The monoisotopic (exact) mass is 127 g/mol.